The Morgan fingerprint density at radius 3 is 2.54 bits per heavy atom. The first-order chi connectivity index (χ1) is 13.2. The molecule has 28 heavy (non-hydrogen) atoms. The summed E-state index contributed by atoms with van der Waals surface area (Å²) in [5, 5.41) is 2.88. The molecule has 1 aromatic heterocycles. The fourth-order valence-electron chi connectivity index (χ4n) is 3.41. The van der Waals surface area contributed by atoms with Crippen LogP contribution in [0.15, 0.2) is 23.0 Å². The van der Waals surface area contributed by atoms with Gasteiger partial charge in [0.15, 0.2) is 0 Å². The van der Waals surface area contributed by atoms with E-state index in [-0.39, 0.29) is 17.2 Å². The van der Waals surface area contributed by atoms with E-state index in [2.05, 4.69) is 30.7 Å². The van der Waals surface area contributed by atoms with Crippen molar-refractivity contribution in [2.75, 3.05) is 44.3 Å². The predicted molar refractivity (Wildman–Crippen MR) is 114 cm³/mol. The Balaban J connectivity index is 1.81. The minimum atomic E-state index is -0.366. The zero-order valence-corrected chi connectivity index (χ0v) is 17.9. The molecule has 7 nitrogen and oxygen atoms in total. The van der Waals surface area contributed by atoms with Gasteiger partial charge in [-0.05, 0) is 39.8 Å². The second-order valence-corrected chi connectivity index (χ2v) is 8.67. The number of aromatic nitrogens is 2. The van der Waals surface area contributed by atoms with Gasteiger partial charge in [-0.2, -0.15) is 0 Å². The number of piperazine rings is 1. The molecule has 1 unspecified atom stereocenters. The highest BCUT2D eigenvalue weighted by Crippen LogP contribution is 2.20. The lowest BCUT2D eigenvalue weighted by molar-refractivity contribution is -0.0139. The molecule has 0 spiro atoms. The molecule has 2 heterocycles. The zero-order valence-electron chi connectivity index (χ0n) is 17.1. The van der Waals surface area contributed by atoms with E-state index in [4.69, 9.17) is 22.1 Å². The van der Waals surface area contributed by atoms with Gasteiger partial charge in [0.05, 0.1) is 34.2 Å². The van der Waals surface area contributed by atoms with Crippen LogP contribution in [0.25, 0.3) is 10.9 Å². The number of hydrogen-bond donors (Lipinski definition) is 1. The monoisotopic (exact) mass is 407 g/mol. The lowest BCUT2D eigenvalue weighted by atomic mass is 10.2. The van der Waals surface area contributed by atoms with Crippen LogP contribution in [-0.2, 0) is 4.74 Å². The molecule has 2 N–H and O–H groups in total. The van der Waals surface area contributed by atoms with Crippen LogP contribution in [0.5, 0.6) is 0 Å². The summed E-state index contributed by atoms with van der Waals surface area (Å²) in [5.41, 5.74) is 6.44. The van der Waals surface area contributed by atoms with Crippen LogP contribution in [0.4, 0.5) is 0 Å². The van der Waals surface area contributed by atoms with Crippen LogP contribution in [0.1, 0.15) is 39.6 Å². The van der Waals surface area contributed by atoms with Gasteiger partial charge in [-0.25, -0.2) is 9.66 Å². The minimum absolute atomic E-state index is 0.128. The van der Waals surface area contributed by atoms with Crippen molar-refractivity contribution in [2.45, 2.75) is 39.3 Å². The van der Waals surface area contributed by atoms with Crippen LogP contribution in [0, 0.1) is 0 Å². The van der Waals surface area contributed by atoms with Gasteiger partial charge in [0.1, 0.15) is 5.82 Å². The van der Waals surface area contributed by atoms with Crippen LogP contribution >= 0.6 is 11.6 Å². The predicted octanol–water partition coefficient (Wildman–Crippen LogP) is 2.14. The molecule has 1 atom stereocenters. The average molecular weight is 408 g/mol. The van der Waals surface area contributed by atoms with Gasteiger partial charge < -0.3 is 15.5 Å². The number of benzene rings is 1. The highest BCUT2D eigenvalue weighted by molar-refractivity contribution is 6.35. The van der Waals surface area contributed by atoms with E-state index in [9.17, 15) is 4.79 Å². The summed E-state index contributed by atoms with van der Waals surface area (Å²) < 4.78 is 7.45. The van der Waals surface area contributed by atoms with Gasteiger partial charge in [-0.15, -0.1) is 0 Å². The summed E-state index contributed by atoms with van der Waals surface area (Å²) in [6, 6.07) is 4.95. The average Bonchev–Trinajstić information content (AvgIpc) is 2.61. The van der Waals surface area contributed by atoms with Crippen molar-refractivity contribution in [3.8, 4) is 0 Å². The quantitative estimate of drug-likeness (QED) is 0.818. The molecule has 1 aromatic carbocycles. The fraction of sp³-hybridized carbons (Fsp3) is 0.600. The molecule has 2 aromatic rings. The van der Waals surface area contributed by atoms with E-state index in [0.29, 0.717) is 41.4 Å². The Morgan fingerprint density at radius 2 is 1.93 bits per heavy atom. The molecule has 0 bridgehead atoms. The van der Waals surface area contributed by atoms with Crippen LogP contribution in [0.3, 0.4) is 0 Å². The molecular weight excluding hydrogens is 378 g/mol. The zero-order chi connectivity index (χ0) is 20.5. The second-order valence-electron chi connectivity index (χ2n) is 8.27. The molecule has 0 saturated carbocycles. The van der Waals surface area contributed by atoms with Gasteiger partial charge >= 0.3 is 0 Å². The highest BCUT2D eigenvalue weighted by atomic mass is 35.5. The number of hydrogen-bond acceptors (Lipinski definition) is 6. The Morgan fingerprint density at radius 1 is 1.25 bits per heavy atom. The summed E-state index contributed by atoms with van der Waals surface area (Å²) in [4.78, 5) is 20.2. The first-order valence-electron chi connectivity index (χ1n) is 9.75. The van der Waals surface area contributed by atoms with Crippen molar-refractivity contribution in [1.29, 1.82) is 0 Å². The Labute approximate surface area is 171 Å². The summed E-state index contributed by atoms with van der Waals surface area (Å²) in [6.45, 7) is 12.7. The smallest absolute Gasteiger partial charge is 0.281 e. The van der Waals surface area contributed by atoms with E-state index >= 15 is 0 Å². The van der Waals surface area contributed by atoms with E-state index in [0.717, 1.165) is 19.6 Å². The Bertz CT molecular complexity index is 883. The highest BCUT2D eigenvalue weighted by Gasteiger charge is 2.24. The van der Waals surface area contributed by atoms with E-state index in [1.54, 1.807) is 22.9 Å². The van der Waals surface area contributed by atoms with E-state index in [1.807, 2.05) is 11.9 Å². The van der Waals surface area contributed by atoms with Gasteiger partial charge in [-0.1, -0.05) is 17.7 Å². The maximum Gasteiger partial charge on any atom is 0.281 e. The first-order valence-corrected chi connectivity index (χ1v) is 10.1. The van der Waals surface area contributed by atoms with Crippen molar-refractivity contribution in [3.63, 3.8) is 0 Å². The van der Waals surface area contributed by atoms with Crippen molar-refractivity contribution in [1.82, 2.24) is 14.6 Å². The molecule has 1 aliphatic rings. The number of nitrogens with two attached hydrogens (primary N) is 1. The first kappa shape index (κ1) is 21.0. The van der Waals surface area contributed by atoms with Gasteiger partial charge in [0, 0.05) is 32.7 Å². The number of halogens is 1. The minimum Gasteiger partial charge on any atom is -0.375 e. The number of rotatable bonds is 5. The maximum absolute atomic E-state index is 13.2. The lowest BCUT2D eigenvalue weighted by Gasteiger charge is -2.38. The van der Waals surface area contributed by atoms with E-state index in [1.165, 1.54) is 0 Å². The summed E-state index contributed by atoms with van der Waals surface area (Å²) in [7, 11) is 0. The van der Waals surface area contributed by atoms with Crippen LogP contribution in [0.2, 0.25) is 5.02 Å². The molecule has 1 saturated heterocycles. The van der Waals surface area contributed by atoms with Gasteiger partial charge in [-0.3, -0.25) is 9.69 Å². The van der Waals surface area contributed by atoms with Gasteiger partial charge in [0.25, 0.3) is 5.56 Å². The van der Waals surface area contributed by atoms with Gasteiger partial charge in [0.2, 0.25) is 0 Å². The largest absolute Gasteiger partial charge is 0.375 e. The number of ether oxygens (including phenoxy) is 1. The molecule has 1 fully saturated rings. The third-order valence-electron chi connectivity index (χ3n) is 4.83. The lowest BCUT2D eigenvalue weighted by Crippen LogP contribution is -2.56. The molecular formula is C20H30ClN5O2. The molecule has 0 radical (unpaired) electrons. The number of fused-ring (bicyclic) bond motifs is 1. The summed E-state index contributed by atoms with van der Waals surface area (Å²) >= 11 is 6.30. The molecule has 8 heteroatoms. The normalized spacial score (nSPS) is 17.3. The fourth-order valence-corrected chi connectivity index (χ4v) is 3.66. The standard InChI is InChI=1S/C20H30ClN5O2/c1-14(22)18-23-16-7-5-6-15(21)17(16)19(27)26(18)25-10-8-24(9-11-25)12-13-28-20(2,3)4/h5-7,14H,8-13,22H2,1-4H3. The molecule has 3 rings (SSSR count). The molecule has 154 valence electrons. The third-order valence-corrected chi connectivity index (χ3v) is 5.15. The molecule has 1 aliphatic heterocycles. The van der Waals surface area contributed by atoms with Crippen molar-refractivity contribution < 1.29 is 4.74 Å². The summed E-state index contributed by atoms with van der Waals surface area (Å²) in [6.07, 6.45) is 0. The van der Waals surface area contributed by atoms with Crippen LogP contribution in [-0.4, -0.2) is 59.5 Å². The third kappa shape index (κ3) is 4.66. The SMILES string of the molecule is CC(N)c1nc2cccc(Cl)c2c(=O)n1N1CCN(CCOC(C)(C)C)CC1. The molecule has 0 aliphatic carbocycles. The number of nitrogens with zero attached hydrogens (tertiary/aromatic N) is 4. The Hall–Kier alpha value is -1.67. The van der Waals surface area contributed by atoms with Crippen molar-refractivity contribution >= 4 is 22.5 Å². The second kappa shape index (κ2) is 8.37. The topological polar surface area (TPSA) is 76.6 Å². The molecule has 0 amide bonds. The van der Waals surface area contributed by atoms with Crippen molar-refractivity contribution in [2.24, 2.45) is 5.73 Å². The van der Waals surface area contributed by atoms with Crippen LogP contribution < -0.4 is 16.3 Å². The van der Waals surface area contributed by atoms with Crippen molar-refractivity contribution in [3.05, 3.63) is 39.4 Å². The summed E-state index contributed by atoms with van der Waals surface area (Å²) in [5.74, 6) is 0.560. The maximum atomic E-state index is 13.2. The Kier molecular flexibility index (Phi) is 6.29. The van der Waals surface area contributed by atoms with E-state index < -0.39 is 0 Å².